The van der Waals surface area contributed by atoms with Crippen molar-refractivity contribution in [3.8, 4) is 0 Å². The van der Waals surface area contributed by atoms with Crippen molar-refractivity contribution in [1.29, 1.82) is 0 Å². The van der Waals surface area contributed by atoms with E-state index in [0.29, 0.717) is 6.54 Å². The highest BCUT2D eigenvalue weighted by Crippen LogP contribution is 2.15. The lowest BCUT2D eigenvalue weighted by Crippen LogP contribution is -2.38. The van der Waals surface area contributed by atoms with E-state index >= 15 is 0 Å². The molecule has 0 aromatic heterocycles. The molecule has 0 bridgehead atoms. The topological polar surface area (TPSA) is 69.7 Å². The van der Waals surface area contributed by atoms with Gasteiger partial charge in [0.1, 0.15) is 0 Å². The quantitative estimate of drug-likeness (QED) is 0.760. The standard InChI is InChI=1S/C17H23N3O3/c1-19(2)12-14(13-6-4-3-5-7-13)18-15(21)10-11-20-16(22)8-9-17(20)23/h3-7,14H,8-12H2,1-2H3,(H,18,21). The molecule has 1 heterocycles. The molecule has 1 N–H and O–H groups in total. The number of hydrogen-bond donors (Lipinski definition) is 1. The fourth-order valence-corrected chi connectivity index (χ4v) is 2.64. The Balaban J connectivity index is 1.92. The van der Waals surface area contributed by atoms with E-state index in [1.165, 1.54) is 4.90 Å². The number of imide groups is 1. The molecule has 1 aliphatic heterocycles. The van der Waals surface area contributed by atoms with Crippen LogP contribution >= 0.6 is 0 Å². The molecule has 124 valence electrons. The highest BCUT2D eigenvalue weighted by Gasteiger charge is 2.29. The number of hydrogen-bond acceptors (Lipinski definition) is 4. The molecule has 1 saturated heterocycles. The smallest absolute Gasteiger partial charge is 0.229 e. The predicted octanol–water partition coefficient (Wildman–Crippen LogP) is 0.945. The first kappa shape index (κ1) is 17.1. The second kappa shape index (κ2) is 7.87. The molecule has 1 unspecified atom stereocenters. The van der Waals surface area contributed by atoms with Crippen LogP contribution < -0.4 is 5.32 Å². The number of nitrogens with one attached hydrogen (secondary N) is 1. The molecule has 1 aliphatic rings. The summed E-state index contributed by atoms with van der Waals surface area (Å²) in [7, 11) is 3.90. The van der Waals surface area contributed by atoms with E-state index in [1.807, 2.05) is 49.3 Å². The molecule has 6 nitrogen and oxygen atoms in total. The minimum atomic E-state index is -0.185. The third kappa shape index (κ3) is 4.89. The molecule has 1 aromatic rings. The van der Waals surface area contributed by atoms with Gasteiger partial charge in [0.15, 0.2) is 0 Å². The Bertz CT molecular complexity index is 556. The number of carbonyl (C=O) groups excluding carboxylic acids is 3. The van der Waals surface area contributed by atoms with Gasteiger partial charge < -0.3 is 10.2 Å². The van der Waals surface area contributed by atoms with Gasteiger partial charge in [-0.15, -0.1) is 0 Å². The molecule has 23 heavy (non-hydrogen) atoms. The third-order valence-electron chi connectivity index (χ3n) is 3.80. The molecular weight excluding hydrogens is 294 g/mol. The monoisotopic (exact) mass is 317 g/mol. The Hall–Kier alpha value is -2.21. The van der Waals surface area contributed by atoms with Gasteiger partial charge >= 0.3 is 0 Å². The SMILES string of the molecule is CN(C)CC(NC(=O)CCN1C(=O)CCC1=O)c1ccccc1. The van der Waals surface area contributed by atoms with E-state index in [9.17, 15) is 14.4 Å². The average molecular weight is 317 g/mol. The predicted molar refractivity (Wildman–Crippen MR) is 86.5 cm³/mol. The molecule has 6 heteroatoms. The van der Waals surface area contributed by atoms with E-state index in [-0.39, 0.29) is 49.6 Å². The number of nitrogens with zero attached hydrogens (tertiary/aromatic N) is 2. The second-order valence-electron chi connectivity index (χ2n) is 5.98. The average Bonchev–Trinajstić information content (AvgIpc) is 2.84. The highest BCUT2D eigenvalue weighted by atomic mass is 16.2. The largest absolute Gasteiger partial charge is 0.348 e. The molecule has 0 aliphatic carbocycles. The van der Waals surface area contributed by atoms with Gasteiger partial charge in [0.25, 0.3) is 0 Å². The van der Waals surface area contributed by atoms with Crippen LogP contribution in [0.15, 0.2) is 30.3 Å². The molecular formula is C17H23N3O3. The minimum Gasteiger partial charge on any atom is -0.348 e. The van der Waals surface area contributed by atoms with Gasteiger partial charge in [-0.2, -0.15) is 0 Å². The normalized spacial score (nSPS) is 16.0. The Morgan fingerprint density at radius 2 is 1.78 bits per heavy atom. The van der Waals surface area contributed by atoms with Crippen LogP contribution in [0.25, 0.3) is 0 Å². The summed E-state index contributed by atoms with van der Waals surface area (Å²) in [6, 6.07) is 9.63. The summed E-state index contributed by atoms with van der Waals surface area (Å²) in [5, 5.41) is 2.99. The summed E-state index contributed by atoms with van der Waals surface area (Å²) in [6.45, 7) is 0.838. The summed E-state index contributed by atoms with van der Waals surface area (Å²) in [6.07, 6.45) is 0.648. The summed E-state index contributed by atoms with van der Waals surface area (Å²) in [4.78, 5) is 38.5. The molecule has 0 radical (unpaired) electrons. The van der Waals surface area contributed by atoms with Crippen LogP contribution in [0.2, 0.25) is 0 Å². The van der Waals surface area contributed by atoms with Crippen LogP contribution in [0.4, 0.5) is 0 Å². The van der Waals surface area contributed by atoms with E-state index < -0.39 is 0 Å². The number of likely N-dealkylation sites (tertiary alicyclic amines) is 1. The lowest BCUT2D eigenvalue weighted by Gasteiger charge is -2.23. The van der Waals surface area contributed by atoms with Gasteiger partial charge in [-0.3, -0.25) is 19.3 Å². The van der Waals surface area contributed by atoms with Crippen molar-refractivity contribution >= 4 is 17.7 Å². The molecule has 3 amide bonds. The van der Waals surface area contributed by atoms with Gasteiger partial charge in [0.2, 0.25) is 17.7 Å². The van der Waals surface area contributed by atoms with Crippen LogP contribution in [0.1, 0.15) is 30.9 Å². The van der Waals surface area contributed by atoms with Gasteiger partial charge in [0, 0.05) is 32.4 Å². The molecule has 1 atom stereocenters. The van der Waals surface area contributed by atoms with Crippen molar-refractivity contribution in [2.75, 3.05) is 27.2 Å². The van der Waals surface area contributed by atoms with Crippen molar-refractivity contribution in [2.45, 2.75) is 25.3 Å². The molecule has 2 rings (SSSR count). The van der Waals surface area contributed by atoms with Gasteiger partial charge in [-0.05, 0) is 19.7 Å². The second-order valence-corrected chi connectivity index (χ2v) is 5.98. The van der Waals surface area contributed by atoms with Crippen LogP contribution in [-0.2, 0) is 14.4 Å². The van der Waals surface area contributed by atoms with Crippen molar-refractivity contribution in [1.82, 2.24) is 15.1 Å². The number of likely N-dealkylation sites (N-methyl/N-ethyl adjacent to an activating group) is 1. The summed E-state index contributed by atoms with van der Waals surface area (Å²) in [5.74, 6) is -0.528. The summed E-state index contributed by atoms with van der Waals surface area (Å²) in [5.41, 5.74) is 1.03. The number of carbonyl (C=O) groups is 3. The number of benzene rings is 1. The maximum absolute atomic E-state index is 12.2. The van der Waals surface area contributed by atoms with Crippen molar-refractivity contribution in [3.63, 3.8) is 0 Å². The summed E-state index contributed by atoms with van der Waals surface area (Å²) >= 11 is 0. The highest BCUT2D eigenvalue weighted by molar-refractivity contribution is 6.02. The number of amides is 3. The molecule has 1 aromatic carbocycles. The summed E-state index contributed by atoms with van der Waals surface area (Å²) < 4.78 is 0. The van der Waals surface area contributed by atoms with Crippen LogP contribution in [0.5, 0.6) is 0 Å². The van der Waals surface area contributed by atoms with Crippen LogP contribution in [0.3, 0.4) is 0 Å². The zero-order chi connectivity index (χ0) is 16.8. The number of rotatable bonds is 7. The van der Waals surface area contributed by atoms with Gasteiger partial charge in [-0.25, -0.2) is 0 Å². The zero-order valence-corrected chi connectivity index (χ0v) is 13.6. The molecule has 0 saturated carbocycles. The Labute approximate surface area is 136 Å². The fourth-order valence-electron chi connectivity index (χ4n) is 2.64. The zero-order valence-electron chi connectivity index (χ0n) is 13.6. The Kier molecular flexibility index (Phi) is 5.87. The maximum Gasteiger partial charge on any atom is 0.229 e. The van der Waals surface area contributed by atoms with Crippen molar-refractivity contribution in [3.05, 3.63) is 35.9 Å². The maximum atomic E-state index is 12.2. The Morgan fingerprint density at radius 1 is 1.17 bits per heavy atom. The molecule has 1 fully saturated rings. The van der Waals surface area contributed by atoms with Gasteiger partial charge in [-0.1, -0.05) is 30.3 Å². The van der Waals surface area contributed by atoms with E-state index in [2.05, 4.69) is 5.32 Å². The Morgan fingerprint density at radius 3 is 2.35 bits per heavy atom. The molecule has 0 spiro atoms. The lowest BCUT2D eigenvalue weighted by molar-refractivity contribution is -0.138. The fraction of sp³-hybridized carbons (Fsp3) is 0.471. The van der Waals surface area contributed by atoms with E-state index in [0.717, 1.165) is 5.56 Å². The van der Waals surface area contributed by atoms with E-state index in [1.54, 1.807) is 0 Å². The van der Waals surface area contributed by atoms with Crippen molar-refractivity contribution < 1.29 is 14.4 Å². The first-order valence-electron chi connectivity index (χ1n) is 7.79. The first-order chi connectivity index (χ1) is 11.0. The lowest BCUT2D eigenvalue weighted by atomic mass is 10.1. The van der Waals surface area contributed by atoms with Crippen molar-refractivity contribution in [2.24, 2.45) is 0 Å². The van der Waals surface area contributed by atoms with Gasteiger partial charge in [0.05, 0.1) is 6.04 Å². The van der Waals surface area contributed by atoms with E-state index in [4.69, 9.17) is 0 Å². The minimum absolute atomic E-state index is 0.122. The first-order valence-corrected chi connectivity index (χ1v) is 7.79. The van der Waals surface area contributed by atoms with Crippen LogP contribution in [-0.4, -0.2) is 54.7 Å². The van der Waals surface area contributed by atoms with Crippen LogP contribution in [0, 0.1) is 0 Å². The third-order valence-corrected chi connectivity index (χ3v) is 3.80.